The van der Waals surface area contributed by atoms with Crippen LogP contribution in [0.3, 0.4) is 0 Å². The van der Waals surface area contributed by atoms with E-state index < -0.39 is 0 Å². The van der Waals surface area contributed by atoms with Gasteiger partial charge in [0.05, 0.1) is 12.2 Å². The van der Waals surface area contributed by atoms with Crippen LogP contribution in [-0.2, 0) is 16.0 Å². The van der Waals surface area contributed by atoms with Crippen molar-refractivity contribution in [3.8, 4) is 0 Å². The summed E-state index contributed by atoms with van der Waals surface area (Å²) in [6.07, 6.45) is 3.80. The molecule has 0 bridgehead atoms. The Balaban J connectivity index is 1.82. The summed E-state index contributed by atoms with van der Waals surface area (Å²) in [6, 6.07) is 10.5. The number of benzene rings is 1. The summed E-state index contributed by atoms with van der Waals surface area (Å²) in [7, 11) is 0. The smallest absolute Gasteiger partial charge is 0.169 e. The fourth-order valence-corrected chi connectivity index (χ4v) is 3.00. The third kappa shape index (κ3) is 7.16. The van der Waals surface area contributed by atoms with Crippen LogP contribution in [0.2, 0.25) is 0 Å². The number of nitrogens with one attached hydrogen (secondary N) is 1. The monoisotopic (exact) mass is 350 g/mol. The average molecular weight is 351 g/mol. The van der Waals surface area contributed by atoms with Crippen LogP contribution in [0.25, 0.3) is 0 Å². The largest absolute Gasteiger partial charge is 0.379 e. The van der Waals surface area contributed by atoms with Crippen LogP contribution in [0.4, 0.5) is 0 Å². The van der Waals surface area contributed by atoms with Gasteiger partial charge in [0.25, 0.3) is 0 Å². The van der Waals surface area contributed by atoms with Gasteiger partial charge in [-0.1, -0.05) is 30.3 Å². The molecule has 0 spiro atoms. The molecule has 134 valence electrons. The number of ether oxygens (including phenoxy) is 2. The Kier molecular flexibility index (Phi) is 8.50. The van der Waals surface area contributed by atoms with Gasteiger partial charge in [0.15, 0.2) is 5.11 Å². The molecule has 1 aromatic carbocycles. The van der Waals surface area contributed by atoms with Gasteiger partial charge in [0.2, 0.25) is 0 Å². The number of rotatable bonds is 9. The predicted octanol–water partition coefficient (Wildman–Crippen LogP) is 3.36. The van der Waals surface area contributed by atoms with Crippen molar-refractivity contribution in [2.45, 2.75) is 51.9 Å². The lowest BCUT2D eigenvalue weighted by Gasteiger charge is -2.28. The summed E-state index contributed by atoms with van der Waals surface area (Å²) in [5.74, 6) is 0. The first-order valence-corrected chi connectivity index (χ1v) is 9.36. The zero-order valence-corrected chi connectivity index (χ0v) is 15.7. The highest BCUT2D eigenvalue weighted by molar-refractivity contribution is 7.80. The molecule has 0 aliphatic carbocycles. The Bertz CT molecular complexity index is 476. The van der Waals surface area contributed by atoms with E-state index in [1.54, 1.807) is 0 Å². The van der Waals surface area contributed by atoms with Gasteiger partial charge in [-0.3, -0.25) is 0 Å². The van der Waals surface area contributed by atoms with Crippen LogP contribution in [0, 0.1) is 0 Å². The molecule has 24 heavy (non-hydrogen) atoms. The third-order valence-corrected chi connectivity index (χ3v) is 4.40. The maximum absolute atomic E-state index is 5.79. The van der Waals surface area contributed by atoms with Gasteiger partial charge in [-0.2, -0.15) is 0 Å². The highest BCUT2D eigenvalue weighted by atomic mass is 32.1. The molecule has 0 aromatic heterocycles. The zero-order chi connectivity index (χ0) is 17.2. The van der Waals surface area contributed by atoms with Crippen LogP contribution in [0.5, 0.6) is 0 Å². The van der Waals surface area contributed by atoms with Crippen LogP contribution < -0.4 is 5.32 Å². The molecule has 5 heteroatoms. The van der Waals surface area contributed by atoms with Crippen molar-refractivity contribution in [2.75, 3.05) is 26.3 Å². The first-order chi connectivity index (χ1) is 11.6. The lowest BCUT2D eigenvalue weighted by molar-refractivity contribution is 0.0771. The molecule has 0 unspecified atom stereocenters. The van der Waals surface area contributed by atoms with Crippen molar-refractivity contribution in [3.63, 3.8) is 0 Å². The Labute approximate surface area is 151 Å². The second kappa shape index (κ2) is 10.6. The molecule has 0 radical (unpaired) electrons. The normalized spacial score (nSPS) is 17.2. The maximum atomic E-state index is 5.79. The fraction of sp³-hybridized carbons (Fsp3) is 0.632. The van der Waals surface area contributed by atoms with E-state index in [1.165, 1.54) is 5.56 Å². The molecule has 0 amide bonds. The number of hydrogen-bond donors (Lipinski definition) is 1. The topological polar surface area (TPSA) is 33.7 Å². The number of thiocarbonyl (C=S) groups is 1. The molecule has 1 aromatic rings. The standard InChI is InChI=1S/C19H30N2O2S/c1-16(2)22-13-7-11-20-19(24)21(15-18-10-6-12-23-18)14-17-8-4-3-5-9-17/h3-5,8-9,16,18H,6-7,10-15H2,1-2H3,(H,20,24)/t18-/m0/s1. The van der Waals surface area contributed by atoms with E-state index in [4.69, 9.17) is 21.7 Å². The molecule has 1 aliphatic rings. The molecule has 1 aliphatic heterocycles. The molecule has 1 atom stereocenters. The molecule has 1 saturated heterocycles. The van der Waals surface area contributed by atoms with Gasteiger partial charge in [-0.15, -0.1) is 0 Å². The van der Waals surface area contributed by atoms with Crippen molar-refractivity contribution in [3.05, 3.63) is 35.9 Å². The van der Waals surface area contributed by atoms with E-state index in [0.29, 0.717) is 0 Å². The van der Waals surface area contributed by atoms with Gasteiger partial charge in [-0.05, 0) is 50.9 Å². The molecule has 2 rings (SSSR count). The summed E-state index contributed by atoms with van der Waals surface area (Å²) in [5, 5.41) is 4.18. The number of nitrogens with zero attached hydrogens (tertiary/aromatic N) is 1. The van der Waals surface area contributed by atoms with Crippen LogP contribution >= 0.6 is 12.2 Å². The first kappa shape index (κ1) is 19.2. The Morgan fingerprint density at radius 3 is 2.83 bits per heavy atom. The van der Waals surface area contributed by atoms with Gasteiger partial charge in [0.1, 0.15) is 0 Å². The van der Waals surface area contributed by atoms with Gasteiger partial charge in [-0.25, -0.2) is 0 Å². The van der Waals surface area contributed by atoms with E-state index in [0.717, 1.165) is 57.2 Å². The van der Waals surface area contributed by atoms with E-state index in [-0.39, 0.29) is 12.2 Å². The molecule has 1 fully saturated rings. The minimum Gasteiger partial charge on any atom is -0.379 e. The molecule has 0 saturated carbocycles. The lowest BCUT2D eigenvalue weighted by atomic mass is 10.2. The molecule has 1 heterocycles. The van der Waals surface area contributed by atoms with E-state index in [2.05, 4.69) is 48.3 Å². The van der Waals surface area contributed by atoms with E-state index in [9.17, 15) is 0 Å². The van der Waals surface area contributed by atoms with Gasteiger partial charge >= 0.3 is 0 Å². The van der Waals surface area contributed by atoms with Gasteiger partial charge < -0.3 is 19.7 Å². The SMILES string of the molecule is CC(C)OCCCNC(=S)N(Cc1ccccc1)C[C@@H]1CCCO1. The summed E-state index contributed by atoms with van der Waals surface area (Å²) >= 11 is 5.63. The Morgan fingerprint density at radius 2 is 2.17 bits per heavy atom. The Hall–Kier alpha value is -1.17. The van der Waals surface area contributed by atoms with Crippen LogP contribution in [0.15, 0.2) is 30.3 Å². The second-order valence-electron chi connectivity index (χ2n) is 6.51. The molecule has 4 nitrogen and oxygen atoms in total. The van der Waals surface area contributed by atoms with E-state index >= 15 is 0 Å². The zero-order valence-electron chi connectivity index (χ0n) is 14.9. The third-order valence-electron chi connectivity index (χ3n) is 4.00. The summed E-state index contributed by atoms with van der Waals surface area (Å²) in [5.41, 5.74) is 1.27. The highest BCUT2D eigenvalue weighted by Crippen LogP contribution is 2.15. The molecular formula is C19H30N2O2S. The maximum Gasteiger partial charge on any atom is 0.169 e. The quantitative estimate of drug-likeness (QED) is 0.546. The number of hydrogen-bond acceptors (Lipinski definition) is 3. The minimum atomic E-state index is 0.283. The van der Waals surface area contributed by atoms with Crippen LogP contribution in [-0.4, -0.2) is 48.5 Å². The molecule has 1 N–H and O–H groups in total. The molecular weight excluding hydrogens is 320 g/mol. The van der Waals surface area contributed by atoms with Crippen molar-refractivity contribution in [1.29, 1.82) is 0 Å². The Morgan fingerprint density at radius 1 is 1.38 bits per heavy atom. The fourth-order valence-electron chi connectivity index (χ4n) is 2.76. The summed E-state index contributed by atoms with van der Waals surface area (Å²) in [4.78, 5) is 2.23. The van der Waals surface area contributed by atoms with Crippen molar-refractivity contribution in [2.24, 2.45) is 0 Å². The van der Waals surface area contributed by atoms with Crippen LogP contribution in [0.1, 0.15) is 38.7 Å². The lowest BCUT2D eigenvalue weighted by Crippen LogP contribution is -2.43. The van der Waals surface area contributed by atoms with Crippen molar-refractivity contribution >= 4 is 17.3 Å². The van der Waals surface area contributed by atoms with Gasteiger partial charge in [0, 0.05) is 32.8 Å². The summed E-state index contributed by atoms with van der Waals surface area (Å²) < 4.78 is 11.4. The van der Waals surface area contributed by atoms with Crippen molar-refractivity contribution in [1.82, 2.24) is 10.2 Å². The van der Waals surface area contributed by atoms with E-state index in [1.807, 2.05) is 6.07 Å². The average Bonchev–Trinajstić information content (AvgIpc) is 3.07. The first-order valence-electron chi connectivity index (χ1n) is 8.95. The summed E-state index contributed by atoms with van der Waals surface area (Å²) in [6.45, 7) is 8.25. The van der Waals surface area contributed by atoms with Crippen molar-refractivity contribution < 1.29 is 9.47 Å². The second-order valence-corrected chi connectivity index (χ2v) is 6.89. The predicted molar refractivity (Wildman–Crippen MR) is 102 cm³/mol. The highest BCUT2D eigenvalue weighted by Gasteiger charge is 2.21. The minimum absolute atomic E-state index is 0.283.